The number of nitrogens with zero attached hydrogens (tertiary/aromatic N) is 1. The summed E-state index contributed by atoms with van der Waals surface area (Å²) in [6, 6.07) is 5.29. The second-order valence-corrected chi connectivity index (χ2v) is 5.27. The van der Waals surface area contributed by atoms with E-state index in [-0.39, 0.29) is 18.0 Å². The van der Waals surface area contributed by atoms with Gasteiger partial charge in [-0.3, -0.25) is 4.79 Å². The molecule has 2 rings (SSSR count). The third kappa shape index (κ3) is 4.19. The van der Waals surface area contributed by atoms with Crippen LogP contribution in [0.1, 0.15) is 19.4 Å². The quantitative estimate of drug-likeness (QED) is 0.877. The van der Waals surface area contributed by atoms with E-state index in [1.165, 1.54) is 6.92 Å². The summed E-state index contributed by atoms with van der Waals surface area (Å²) in [5.74, 6) is -0.141. The number of hydrogen-bond donors (Lipinski definition) is 2. The summed E-state index contributed by atoms with van der Waals surface area (Å²) in [4.78, 5) is 25.1. The zero-order valence-corrected chi connectivity index (χ0v) is 12.6. The monoisotopic (exact) mass is 291 g/mol. The van der Waals surface area contributed by atoms with Gasteiger partial charge in [0.05, 0.1) is 12.7 Å². The predicted molar refractivity (Wildman–Crippen MR) is 81.5 cm³/mol. The largest absolute Gasteiger partial charge is 0.375 e. The van der Waals surface area contributed by atoms with Crippen LogP contribution >= 0.6 is 0 Å². The number of anilines is 2. The SMILES string of the molecule is CC(=O)Nc1ccc(C)c(NC(=O)N2CCOC(C)C2)c1. The van der Waals surface area contributed by atoms with Crippen LogP contribution in [0, 0.1) is 6.92 Å². The molecular weight excluding hydrogens is 270 g/mol. The van der Waals surface area contributed by atoms with Crippen LogP contribution in [-0.4, -0.2) is 42.6 Å². The first-order valence-electron chi connectivity index (χ1n) is 7.01. The highest BCUT2D eigenvalue weighted by Crippen LogP contribution is 2.21. The average molecular weight is 291 g/mol. The smallest absolute Gasteiger partial charge is 0.322 e. The number of morpholine rings is 1. The van der Waals surface area contributed by atoms with E-state index in [4.69, 9.17) is 4.74 Å². The van der Waals surface area contributed by atoms with Gasteiger partial charge in [0, 0.05) is 31.4 Å². The Morgan fingerprint density at radius 1 is 1.33 bits per heavy atom. The molecule has 21 heavy (non-hydrogen) atoms. The molecule has 114 valence electrons. The second kappa shape index (κ2) is 6.58. The van der Waals surface area contributed by atoms with Crippen LogP contribution in [0.25, 0.3) is 0 Å². The zero-order valence-electron chi connectivity index (χ0n) is 12.6. The van der Waals surface area contributed by atoms with Crippen LogP contribution in [0.15, 0.2) is 18.2 Å². The Morgan fingerprint density at radius 2 is 2.10 bits per heavy atom. The molecule has 3 amide bonds. The topological polar surface area (TPSA) is 70.7 Å². The summed E-state index contributed by atoms with van der Waals surface area (Å²) in [6.07, 6.45) is 0.0521. The number of aryl methyl sites for hydroxylation is 1. The molecule has 1 aliphatic rings. The number of carbonyl (C=O) groups is 2. The third-order valence-electron chi connectivity index (χ3n) is 3.33. The number of amides is 3. The van der Waals surface area contributed by atoms with Gasteiger partial charge >= 0.3 is 6.03 Å². The van der Waals surface area contributed by atoms with E-state index in [1.54, 1.807) is 11.0 Å². The third-order valence-corrected chi connectivity index (χ3v) is 3.33. The molecule has 0 radical (unpaired) electrons. The zero-order chi connectivity index (χ0) is 15.4. The number of benzene rings is 1. The van der Waals surface area contributed by atoms with E-state index in [9.17, 15) is 9.59 Å². The van der Waals surface area contributed by atoms with Crippen LogP contribution < -0.4 is 10.6 Å². The Balaban J connectivity index is 2.07. The van der Waals surface area contributed by atoms with E-state index >= 15 is 0 Å². The number of carbonyl (C=O) groups excluding carboxylic acids is 2. The lowest BCUT2D eigenvalue weighted by Gasteiger charge is -2.31. The van der Waals surface area contributed by atoms with Gasteiger partial charge in [-0.15, -0.1) is 0 Å². The lowest BCUT2D eigenvalue weighted by Crippen LogP contribution is -2.46. The lowest BCUT2D eigenvalue weighted by molar-refractivity contribution is -0.114. The first kappa shape index (κ1) is 15.3. The van der Waals surface area contributed by atoms with Gasteiger partial charge < -0.3 is 20.3 Å². The normalized spacial score (nSPS) is 18.2. The molecule has 2 N–H and O–H groups in total. The lowest BCUT2D eigenvalue weighted by atomic mass is 10.2. The molecule has 1 aliphatic heterocycles. The first-order valence-corrected chi connectivity index (χ1v) is 7.01. The van der Waals surface area contributed by atoms with Crippen molar-refractivity contribution in [2.45, 2.75) is 26.9 Å². The molecule has 0 bridgehead atoms. The number of urea groups is 1. The number of rotatable bonds is 2. The van der Waals surface area contributed by atoms with Crippen molar-refractivity contribution in [1.29, 1.82) is 0 Å². The Morgan fingerprint density at radius 3 is 2.76 bits per heavy atom. The fourth-order valence-electron chi connectivity index (χ4n) is 2.23. The number of nitrogens with one attached hydrogen (secondary N) is 2. The van der Waals surface area contributed by atoms with Gasteiger partial charge in [-0.1, -0.05) is 6.07 Å². The van der Waals surface area contributed by atoms with E-state index in [2.05, 4.69) is 10.6 Å². The summed E-state index contributed by atoms with van der Waals surface area (Å²) >= 11 is 0. The van der Waals surface area contributed by atoms with Crippen molar-refractivity contribution in [2.75, 3.05) is 30.3 Å². The van der Waals surface area contributed by atoms with E-state index in [1.807, 2.05) is 26.0 Å². The summed E-state index contributed by atoms with van der Waals surface area (Å²) in [5.41, 5.74) is 2.31. The highest BCUT2D eigenvalue weighted by atomic mass is 16.5. The number of hydrogen-bond acceptors (Lipinski definition) is 3. The van der Waals surface area contributed by atoms with Gasteiger partial charge in [-0.05, 0) is 31.5 Å². The predicted octanol–water partition coefficient (Wildman–Crippen LogP) is 2.21. The van der Waals surface area contributed by atoms with Gasteiger partial charge in [0.15, 0.2) is 0 Å². The molecule has 0 aliphatic carbocycles. The van der Waals surface area contributed by atoms with Gasteiger partial charge in [0.1, 0.15) is 0 Å². The molecule has 0 saturated carbocycles. The standard InChI is InChI=1S/C15H21N3O3/c1-10-4-5-13(16-12(3)19)8-14(10)17-15(20)18-6-7-21-11(2)9-18/h4-5,8,11H,6-7,9H2,1-3H3,(H,16,19)(H,17,20). The van der Waals surface area contributed by atoms with Crippen LogP contribution in [0.3, 0.4) is 0 Å². The summed E-state index contributed by atoms with van der Waals surface area (Å²) in [5, 5.41) is 5.60. The molecule has 0 aromatic heterocycles. The molecule has 1 aromatic carbocycles. The van der Waals surface area contributed by atoms with Crippen molar-refractivity contribution in [1.82, 2.24) is 4.90 Å². The molecule has 1 saturated heterocycles. The number of ether oxygens (including phenoxy) is 1. The first-order chi connectivity index (χ1) is 9.95. The van der Waals surface area contributed by atoms with Crippen molar-refractivity contribution in [2.24, 2.45) is 0 Å². The van der Waals surface area contributed by atoms with Gasteiger partial charge in [-0.25, -0.2) is 4.79 Å². The Labute approximate surface area is 124 Å². The fraction of sp³-hybridized carbons (Fsp3) is 0.467. The summed E-state index contributed by atoms with van der Waals surface area (Å²) < 4.78 is 5.43. The van der Waals surface area contributed by atoms with Crippen molar-refractivity contribution >= 4 is 23.3 Å². The van der Waals surface area contributed by atoms with E-state index < -0.39 is 0 Å². The molecule has 1 atom stereocenters. The van der Waals surface area contributed by atoms with E-state index in [0.717, 1.165) is 5.56 Å². The molecule has 6 nitrogen and oxygen atoms in total. The minimum atomic E-state index is -0.145. The maximum Gasteiger partial charge on any atom is 0.322 e. The molecule has 1 aromatic rings. The molecule has 6 heteroatoms. The Kier molecular flexibility index (Phi) is 4.80. The minimum absolute atomic E-state index is 0.0521. The molecule has 1 fully saturated rings. The maximum absolute atomic E-state index is 12.3. The summed E-state index contributed by atoms with van der Waals surface area (Å²) in [7, 11) is 0. The van der Waals surface area contributed by atoms with Crippen molar-refractivity contribution in [3.05, 3.63) is 23.8 Å². The van der Waals surface area contributed by atoms with E-state index in [0.29, 0.717) is 31.1 Å². The van der Waals surface area contributed by atoms with Crippen molar-refractivity contribution in [3.63, 3.8) is 0 Å². The van der Waals surface area contributed by atoms with Crippen molar-refractivity contribution in [3.8, 4) is 0 Å². The Bertz CT molecular complexity index is 545. The molecular formula is C15H21N3O3. The highest BCUT2D eigenvalue weighted by molar-refractivity contribution is 5.93. The van der Waals surface area contributed by atoms with Crippen LogP contribution in [0.4, 0.5) is 16.2 Å². The molecule has 1 unspecified atom stereocenters. The van der Waals surface area contributed by atoms with Crippen molar-refractivity contribution < 1.29 is 14.3 Å². The van der Waals surface area contributed by atoms with Gasteiger partial charge in [-0.2, -0.15) is 0 Å². The fourth-order valence-corrected chi connectivity index (χ4v) is 2.23. The van der Waals surface area contributed by atoms with Crippen LogP contribution in [-0.2, 0) is 9.53 Å². The highest BCUT2D eigenvalue weighted by Gasteiger charge is 2.21. The minimum Gasteiger partial charge on any atom is -0.375 e. The van der Waals surface area contributed by atoms with Crippen LogP contribution in [0.5, 0.6) is 0 Å². The van der Waals surface area contributed by atoms with Gasteiger partial charge in [0.2, 0.25) is 5.91 Å². The second-order valence-electron chi connectivity index (χ2n) is 5.27. The van der Waals surface area contributed by atoms with Gasteiger partial charge in [0.25, 0.3) is 0 Å². The Hall–Kier alpha value is -2.08. The average Bonchev–Trinajstić information content (AvgIpc) is 2.42. The van der Waals surface area contributed by atoms with Crippen LogP contribution in [0.2, 0.25) is 0 Å². The molecule has 0 spiro atoms. The summed E-state index contributed by atoms with van der Waals surface area (Å²) in [6.45, 7) is 7.03. The molecule has 1 heterocycles. The maximum atomic E-state index is 12.3.